The maximum absolute atomic E-state index is 12.9. The van der Waals surface area contributed by atoms with Crippen LogP contribution in [-0.2, 0) is 0 Å². The van der Waals surface area contributed by atoms with Crippen molar-refractivity contribution in [2.24, 2.45) is 0 Å². The topological polar surface area (TPSA) is 89.4 Å². The normalized spacial score (nSPS) is 22.2. The number of hydrogen-bond donors (Lipinski definition) is 3. The van der Waals surface area contributed by atoms with Gasteiger partial charge >= 0.3 is 12.4 Å². The van der Waals surface area contributed by atoms with Gasteiger partial charge in [0.05, 0.1) is 17.7 Å². The minimum atomic E-state index is -4.77. The molecule has 10 heteroatoms. The van der Waals surface area contributed by atoms with E-state index in [1.54, 1.807) is 0 Å². The summed E-state index contributed by atoms with van der Waals surface area (Å²) in [6.07, 6.45) is 1.13. The Morgan fingerprint density at radius 1 is 1.03 bits per heavy atom. The summed E-state index contributed by atoms with van der Waals surface area (Å²) >= 11 is 0. The lowest BCUT2D eigenvalue weighted by molar-refractivity contribution is -0.274. The molecule has 1 saturated heterocycles. The van der Waals surface area contributed by atoms with Gasteiger partial charge in [0.25, 0.3) is 0 Å². The van der Waals surface area contributed by atoms with Crippen LogP contribution in [0.25, 0.3) is 0 Å². The lowest BCUT2D eigenvalue weighted by Crippen LogP contribution is -2.59. The molecule has 2 aromatic rings. The Kier molecular flexibility index (Phi) is 8.21. The number of nitrogens with zero attached hydrogens (tertiary/aromatic N) is 2. The highest BCUT2D eigenvalue weighted by molar-refractivity contribution is 5.89. The Labute approximate surface area is 208 Å². The third kappa shape index (κ3) is 6.82. The van der Waals surface area contributed by atoms with Gasteiger partial charge in [-0.15, -0.1) is 13.2 Å². The van der Waals surface area contributed by atoms with E-state index < -0.39 is 12.4 Å². The lowest BCUT2D eigenvalue weighted by atomic mass is 9.87. The molecule has 7 nitrogen and oxygen atoms in total. The number of ether oxygens (including phenoxy) is 1. The third-order valence-electron chi connectivity index (χ3n) is 6.71. The van der Waals surface area contributed by atoms with E-state index in [1.165, 1.54) is 12.1 Å². The van der Waals surface area contributed by atoms with Crippen molar-refractivity contribution in [1.29, 1.82) is 5.26 Å². The molecule has 1 aliphatic carbocycles. The van der Waals surface area contributed by atoms with E-state index in [1.807, 2.05) is 24.3 Å². The fraction of sp³-hybridized carbons (Fsp3) is 0.462. The number of nitrogens with one attached hydrogen (secondary N) is 3. The van der Waals surface area contributed by atoms with Crippen LogP contribution >= 0.6 is 0 Å². The van der Waals surface area contributed by atoms with Crippen molar-refractivity contribution in [3.05, 3.63) is 54.1 Å². The van der Waals surface area contributed by atoms with Crippen LogP contribution < -0.4 is 25.6 Å². The summed E-state index contributed by atoms with van der Waals surface area (Å²) in [5.74, 6) is -0.347. The molecule has 4 rings (SSSR count). The fourth-order valence-corrected chi connectivity index (χ4v) is 5.14. The van der Waals surface area contributed by atoms with E-state index in [-0.39, 0.29) is 23.9 Å². The summed E-state index contributed by atoms with van der Waals surface area (Å²) in [4.78, 5) is 15.3. The molecule has 2 fully saturated rings. The molecule has 2 aliphatic rings. The van der Waals surface area contributed by atoms with Crippen molar-refractivity contribution in [1.82, 2.24) is 10.6 Å². The molecule has 0 radical (unpaired) electrons. The maximum Gasteiger partial charge on any atom is 0.573 e. The number of carbonyl (C=O) groups excluding carboxylic acids is 1. The highest BCUT2D eigenvalue weighted by atomic mass is 19.4. The van der Waals surface area contributed by atoms with Gasteiger partial charge in [0.1, 0.15) is 5.75 Å². The van der Waals surface area contributed by atoms with Crippen LogP contribution in [0, 0.1) is 11.3 Å². The van der Waals surface area contributed by atoms with Crippen LogP contribution in [0.3, 0.4) is 0 Å². The summed E-state index contributed by atoms with van der Waals surface area (Å²) in [5.41, 5.74) is 2.00. The van der Waals surface area contributed by atoms with Crippen molar-refractivity contribution in [2.45, 2.75) is 63.0 Å². The van der Waals surface area contributed by atoms with Crippen LogP contribution in [0.1, 0.15) is 44.1 Å². The number of benzene rings is 2. The van der Waals surface area contributed by atoms with Crippen molar-refractivity contribution in [2.75, 3.05) is 23.3 Å². The fourth-order valence-electron chi connectivity index (χ4n) is 5.14. The zero-order chi connectivity index (χ0) is 25.5. The summed E-state index contributed by atoms with van der Waals surface area (Å²) in [6.45, 7) is 1.83. The van der Waals surface area contributed by atoms with Gasteiger partial charge in [-0.25, -0.2) is 4.79 Å². The molecular formula is C26H30F3N5O2. The SMILES string of the molecule is N#Cc1ccc(N([C@H]2CCCNC2)[C@@H]2CCCC[C@H]2NC(=O)Nc2ccc(OC(F)(F)F)cc2)cc1. The Hall–Kier alpha value is -3.45. The number of hydrogen-bond acceptors (Lipinski definition) is 5. The number of amides is 2. The summed E-state index contributed by atoms with van der Waals surface area (Å²) in [6, 6.07) is 14.7. The zero-order valence-corrected chi connectivity index (χ0v) is 19.9. The second-order valence-electron chi connectivity index (χ2n) is 9.20. The van der Waals surface area contributed by atoms with E-state index in [0.717, 1.165) is 69.4 Å². The second kappa shape index (κ2) is 11.5. The number of anilines is 2. The number of nitriles is 1. The van der Waals surface area contributed by atoms with Crippen LogP contribution in [0.4, 0.5) is 29.3 Å². The lowest BCUT2D eigenvalue weighted by Gasteiger charge is -2.47. The van der Waals surface area contributed by atoms with Gasteiger partial charge in [0.2, 0.25) is 0 Å². The number of carbonyl (C=O) groups is 1. The standard InChI is InChI=1S/C26H30F3N5O2/c27-26(28,29)36-22-13-9-19(10-14-22)32-25(35)33-23-5-1-2-6-24(23)34(21-4-3-15-31-17-21)20-11-7-18(16-30)8-12-20/h7-14,21,23-24,31H,1-6,15,17H2,(H2,32,33,35)/t21-,23+,24+/m0/s1. The molecule has 36 heavy (non-hydrogen) atoms. The van der Waals surface area contributed by atoms with Gasteiger partial charge < -0.3 is 25.6 Å². The average molecular weight is 502 g/mol. The van der Waals surface area contributed by atoms with Gasteiger partial charge in [-0.05, 0) is 80.8 Å². The summed E-state index contributed by atoms with van der Waals surface area (Å²) in [7, 11) is 0. The maximum atomic E-state index is 12.9. The van der Waals surface area contributed by atoms with Crippen LogP contribution in [-0.4, -0.2) is 43.6 Å². The molecule has 0 bridgehead atoms. The molecule has 0 unspecified atom stereocenters. The van der Waals surface area contributed by atoms with Gasteiger partial charge in [0.15, 0.2) is 0 Å². The van der Waals surface area contributed by atoms with Crippen LogP contribution in [0.2, 0.25) is 0 Å². The van der Waals surface area contributed by atoms with E-state index >= 15 is 0 Å². The van der Waals surface area contributed by atoms with E-state index in [4.69, 9.17) is 0 Å². The molecule has 3 N–H and O–H groups in total. The first kappa shape index (κ1) is 25.6. The third-order valence-corrected chi connectivity index (χ3v) is 6.71. The van der Waals surface area contributed by atoms with E-state index in [9.17, 15) is 23.2 Å². The first-order chi connectivity index (χ1) is 17.3. The van der Waals surface area contributed by atoms with Gasteiger partial charge in [-0.1, -0.05) is 12.8 Å². The molecular weight excluding hydrogens is 471 g/mol. The van der Waals surface area contributed by atoms with Crippen molar-refractivity contribution >= 4 is 17.4 Å². The number of piperidine rings is 1. The average Bonchev–Trinajstić information content (AvgIpc) is 2.87. The Morgan fingerprint density at radius 3 is 2.39 bits per heavy atom. The number of halogens is 3. The van der Waals surface area contributed by atoms with Crippen molar-refractivity contribution in [3.8, 4) is 11.8 Å². The Bertz CT molecular complexity index is 1050. The molecule has 1 heterocycles. The Balaban J connectivity index is 1.47. The highest BCUT2D eigenvalue weighted by Gasteiger charge is 2.36. The number of alkyl halides is 3. The minimum absolute atomic E-state index is 0.0740. The second-order valence-corrected chi connectivity index (χ2v) is 9.20. The molecule has 1 saturated carbocycles. The molecule has 2 amide bonds. The summed E-state index contributed by atoms with van der Waals surface area (Å²) in [5, 5.41) is 18.5. The van der Waals surface area contributed by atoms with Gasteiger partial charge in [-0.2, -0.15) is 5.26 Å². The molecule has 2 aromatic carbocycles. The molecule has 1 aliphatic heterocycles. The van der Waals surface area contributed by atoms with Crippen LogP contribution in [0.15, 0.2) is 48.5 Å². The molecule has 192 valence electrons. The highest BCUT2D eigenvalue weighted by Crippen LogP contribution is 2.32. The smallest absolute Gasteiger partial charge is 0.406 e. The largest absolute Gasteiger partial charge is 0.573 e. The first-order valence-electron chi connectivity index (χ1n) is 12.2. The minimum Gasteiger partial charge on any atom is -0.406 e. The van der Waals surface area contributed by atoms with Crippen LogP contribution in [0.5, 0.6) is 5.75 Å². The predicted octanol–water partition coefficient (Wildman–Crippen LogP) is 5.15. The molecule has 0 aromatic heterocycles. The van der Waals surface area contributed by atoms with Crippen molar-refractivity contribution in [3.63, 3.8) is 0 Å². The first-order valence-corrected chi connectivity index (χ1v) is 12.2. The van der Waals surface area contributed by atoms with Crippen molar-refractivity contribution < 1.29 is 22.7 Å². The van der Waals surface area contributed by atoms with E-state index in [0.29, 0.717) is 11.3 Å². The summed E-state index contributed by atoms with van der Waals surface area (Å²) < 4.78 is 41.0. The number of rotatable bonds is 6. The van der Waals surface area contributed by atoms with Gasteiger partial charge in [-0.3, -0.25) is 0 Å². The monoisotopic (exact) mass is 501 g/mol. The van der Waals surface area contributed by atoms with Gasteiger partial charge in [0, 0.05) is 30.0 Å². The molecule has 3 atom stereocenters. The molecule has 0 spiro atoms. The number of urea groups is 1. The zero-order valence-electron chi connectivity index (χ0n) is 19.9. The Morgan fingerprint density at radius 2 is 1.75 bits per heavy atom. The van der Waals surface area contributed by atoms with E-state index in [2.05, 4.69) is 31.7 Å². The predicted molar refractivity (Wildman–Crippen MR) is 131 cm³/mol. The quantitative estimate of drug-likeness (QED) is 0.510.